The molecule has 6 fully saturated rings. The first kappa shape index (κ1) is 101. The molecule has 0 bridgehead atoms. The molecule has 1 saturated carbocycles. The summed E-state index contributed by atoms with van der Waals surface area (Å²) >= 11 is 6.05. The minimum atomic E-state index is -4.43. The lowest BCUT2D eigenvalue weighted by Gasteiger charge is -2.28. The third kappa shape index (κ3) is 25.0. The van der Waals surface area contributed by atoms with E-state index in [1.54, 1.807) is 19.6 Å². The number of carboxylic acids is 5. The SMILES string of the molecule is CCCCC1CN(C(=O)C(CC)Cc2ccccc2)CC1(N)C(=O)O.CCCCC1CN(C(=O)C(N)Cc2ccc(C(F)(F)F)cc2)CC1(N)C(=O)O.CCCCC1CN(C(=O)C2CCCC2)CC1(N)C(=O)O.CCCCC1CN(C(=O)C2CCc3cc(Cl)ccc3C2)CC1(N)C(=O)O.CCCCC1CN(C(=O)C2CCc3ccccc3C2)CC1(N)C(=O)O. The number of unbranched alkanes of at least 4 members (excludes halogenated alkanes) is 5. The molecule has 12 rings (SSSR count). The zero-order chi connectivity index (χ0) is 91.2. The minimum absolute atomic E-state index is 0.0291. The Morgan fingerprint density at radius 1 is 0.411 bits per heavy atom. The van der Waals surface area contributed by atoms with Gasteiger partial charge in [-0.15, -0.1) is 0 Å². The molecule has 0 radical (unpaired) electrons. The van der Waals surface area contributed by atoms with E-state index in [-0.39, 0.29) is 123 Å². The number of halogens is 4. The van der Waals surface area contributed by atoms with Crippen LogP contribution in [0.4, 0.5) is 13.2 Å². The number of nitrogens with zero attached hydrogens (tertiary/aromatic N) is 5. The van der Waals surface area contributed by atoms with Crippen LogP contribution in [0, 0.1) is 53.3 Å². The third-order valence-corrected chi connectivity index (χ3v) is 27.8. The summed E-state index contributed by atoms with van der Waals surface area (Å²) in [5, 5.41) is 48.6. The van der Waals surface area contributed by atoms with Crippen molar-refractivity contribution in [3.05, 3.63) is 141 Å². The van der Waals surface area contributed by atoms with Crippen molar-refractivity contribution in [1.82, 2.24) is 24.5 Å². The number of hydrogen-bond acceptors (Lipinski definition) is 16. The van der Waals surface area contributed by atoms with Crippen molar-refractivity contribution in [2.45, 2.75) is 261 Å². The number of carboxylic acid groups (broad SMARTS) is 5. The Balaban J connectivity index is 0.000000193. The quantitative estimate of drug-likeness (QED) is 0.0231. The van der Waals surface area contributed by atoms with Crippen LogP contribution in [-0.2, 0) is 92.6 Å². The monoisotopic (exact) mass is 1750 g/mol. The second-order valence-corrected chi connectivity index (χ2v) is 36.8. The van der Waals surface area contributed by atoms with Crippen LogP contribution < -0.4 is 34.4 Å². The number of hydrogen-bond donors (Lipinski definition) is 11. The number of carbonyl (C=O) groups is 10. The molecule has 30 heteroatoms. The molecule has 14 unspecified atom stereocenters. The molecule has 17 N–H and O–H groups in total. The Bertz CT molecular complexity index is 4220. The zero-order valence-corrected chi connectivity index (χ0v) is 74.2. The standard InChI is InChI=1S/C20H27ClN2O3.C20H28N2O3.C20H30N2O3.C19H26F3N3O3.C15H26N2O3/c1-2-3-4-16-11-23(12-20(16,22)19(25)26)18(24)15-6-5-14-10-17(21)8-7-13(14)9-15;1-2-3-8-17-12-22(13-20(17,21)19(24)25)18(23)16-10-9-14-6-4-5-7-15(14)11-16;1-3-5-11-17-13-22(14-20(17,21)19(24)25)18(23)16(4-2)12-15-9-7-6-8-10-15;1-2-3-4-14-10-25(11-18(14,24)17(27)28)16(26)15(23)9-12-5-7-13(8-6-12)19(20,21)22;1-2-3-8-12-9-17(10-15(12,16)14(19)20)13(18)11-6-4-5-7-11/h7-8,10,15-16H,2-6,9,11-12,22H2,1H3,(H,25,26);4-7,16-17H,2-3,8-13,21H2,1H3,(H,24,25);6-10,16-17H,3-5,11-14,21H2,1-2H3,(H,24,25);5-8,14-15H,2-4,9-11,23-24H2,1H3,(H,27,28);11-12H,2-10,16H2,1H3,(H,19,20). The predicted octanol–water partition coefficient (Wildman–Crippen LogP) is 11.4. The van der Waals surface area contributed by atoms with Gasteiger partial charge in [0.05, 0.1) is 11.6 Å². The first-order valence-electron chi connectivity index (χ1n) is 45.0. The smallest absolute Gasteiger partial charge is 0.416 e. The molecule has 8 aliphatic rings. The maximum absolute atomic E-state index is 13.1. The van der Waals surface area contributed by atoms with Crippen molar-refractivity contribution in [1.29, 1.82) is 0 Å². The molecule has 4 aromatic rings. The molecule has 4 aromatic carbocycles. The van der Waals surface area contributed by atoms with E-state index in [1.165, 1.54) is 33.7 Å². The van der Waals surface area contributed by atoms with Crippen molar-refractivity contribution in [2.75, 3.05) is 65.4 Å². The van der Waals surface area contributed by atoms with Crippen molar-refractivity contribution in [3.8, 4) is 0 Å². The highest BCUT2D eigenvalue weighted by molar-refractivity contribution is 6.30. The third-order valence-electron chi connectivity index (χ3n) is 27.6. The number of nitrogens with two attached hydrogens (primary N) is 6. The number of benzene rings is 4. The number of aryl methyl sites for hydroxylation is 2. The Labute approximate surface area is 733 Å². The fraction of sp³-hybridized carbons (Fsp3) is 0.638. The summed E-state index contributed by atoms with van der Waals surface area (Å²) in [4.78, 5) is 131. The number of alkyl halides is 3. The van der Waals surface area contributed by atoms with Crippen LogP contribution in [-0.4, -0.2) is 209 Å². The molecule has 5 aliphatic heterocycles. The molecule has 5 heterocycles. The zero-order valence-electron chi connectivity index (χ0n) is 73.4. The number of carbonyl (C=O) groups excluding carboxylic acids is 5. The Morgan fingerprint density at radius 2 is 0.742 bits per heavy atom. The van der Waals surface area contributed by atoms with E-state index >= 15 is 0 Å². The van der Waals surface area contributed by atoms with E-state index in [9.17, 15) is 86.6 Å². The summed E-state index contributed by atoms with van der Waals surface area (Å²) in [7, 11) is 0. The van der Waals surface area contributed by atoms with Crippen LogP contribution in [0.3, 0.4) is 0 Å². The van der Waals surface area contributed by atoms with Crippen LogP contribution in [0.5, 0.6) is 0 Å². The van der Waals surface area contributed by atoms with Gasteiger partial charge >= 0.3 is 36.0 Å². The van der Waals surface area contributed by atoms with Crippen molar-refractivity contribution >= 4 is 71.0 Å². The van der Waals surface area contributed by atoms with Gasteiger partial charge in [-0.3, -0.25) is 47.9 Å². The Hall–Kier alpha value is -8.58. The van der Waals surface area contributed by atoms with Gasteiger partial charge in [0.15, 0.2) is 0 Å². The van der Waals surface area contributed by atoms with Crippen molar-refractivity contribution in [3.63, 3.8) is 0 Å². The molecule has 0 aromatic heterocycles. The molecule has 3 aliphatic carbocycles. The molecule has 124 heavy (non-hydrogen) atoms. The van der Waals surface area contributed by atoms with Crippen LogP contribution in [0.15, 0.2) is 97.1 Å². The van der Waals surface area contributed by atoms with Gasteiger partial charge in [0.25, 0.3) is 0 Å². The maximum Gasteiger partial charge on any atom is 0.416 e. The van der Waals surface area contributed by atoms with Crippen LogP contribution >= 0.6 is 11.6 Å². The second kappa shape index (κ2) is 45.2. The Kier molecular flexibility index (Phi) is 36.8. The lowest BCUT2D eigenvalue weighted by Crippen LogP contribution is -2.55. The summed E-state index contributed by atoms with van der Waals surface area (Å²) in [6.07, 6.45) is 19.0. The van der Waals surface area contributed by atoms with Gasteiger partial charge in [-0.05, 0) is 160 Å². The van der Waals surface area contributed by atoms with Gasteiger partial charge in [-0.2, -0.15) is 13.2 Å². The summed E-state index contributed by atoms with van der Waals surface area (Å²) in [5.41, 5.74) is 35.9. The first-order chi connectivity index (χ1) is 58.7. The fourth-order valence-electron chi connectivity index (χ4n) is 19.5. The summed E-state index contributed by atoms with van der Waals surface area (Å²) in [6, 6.07) is 27.5. The summed E-state index contributed by atoms with van der Waals surface area (Å²) < 4.78 is 37.9. The van der Waals surface area contributed by atoms with E-state index in [1.807, 2.05) is 74.5 Å². The Morgan fingerprint density at radius 3 is 1.11 bits per heavy atom. The van der Waals surface area contributed by atoms with Gasteiger partial charge in [-0.1, -0.05) is 203 Å². The van der Waals surface area contributed by atoms with Gasteiger partial charge in [-0.25, -0.2) is 0 Å². The van der Waals surface area contributed by atoms with Crippen LogP contribution in [0.2, 0.25) is 5.02 Å². The highest BCUT2D eigenvalue weighted by Gasteiger charge is 2.56. The van der Waals surface area contributed by atoms with E-state index < -0.39 is 81.2 Å². The molecule has 5 saturated heterocycles. The van der Waals surface area contributed by atoms with Gasteiger partial charge in [0, 0.05) is 124 Å². The number of rotatable bonds is 30. The molecular formula is C94H137ClF3N11O15. The normalized spacial score (nSPS) is 26.9. The van der Waals surface area contributed by atoms with Crippen LogP contribution in [0.25, 0.3) is 0 Å². The lowest BCUT2D eigenvalue weighted by molar-refractivity contribution is -0.146. The van der Waals surface area contributed by atoms with E-state index in [4.69, 9.17) is 46.0 Å². The predicted molar refractivity (Wildman–Crippen MR) is 469 cm³/mol. The molecule has 686 valence electrons. The van der Waals surface area contributed by atoms with Crippen molar-refractivity contribution in [2.24, 2.45) is 87.7 Å². The fourth-order valence-corrected chi connectivity index (χ4v) is 19.7. The average molecular weight is 1750 g/mol. The molecule has 0 spiro atoms. The largest absolute Gasteiger partial charge is 0.480 e. The summed E-state index contributed by atoms with van der Waals surface area (Å²) in [6.45, 7) is 14.8. The molecular weight excluding hydrogens is 1620 g/mol. The number of likely N-dealkylation sites (tertiary alicyclic amines) is 5. The lowest BCUT2D eigenvalue weighted by atomic mass is 9.83. The summed E-state index contributed by atoms with van der Waals surface area (Å²) in [5.74, 6) is -6.51. The number of amides is 5. The van der Waals surface area contributed by atoms with Gasteiger partial charge in [0.2, 0.25) is 29.5 Å². The highest BCUT2D eigenvalue weighted by Crippen LogP contribution is 2.41. The molecule has 14 atom stereocenters. The maximum atomic E-state index is 13.1. The first-order valence-corrected chi connectivity index (χ1v) is 45.4. The van der Waals surface area contributed by atoms with Gasteiger partial charge in [0.1, 0.15) is 27.7 Å². The molecule has 5 amide bonds. The van der Waals surface area contributed by atoms with E-state index in [0.717, 1.165) is 182 Å². The molecule has 26 nitrogen and oxygen atoms in total. The van der Waals surface area contributed by atoms with E-state index in [0.29, 0.717) is 51.0 Å². The average Bonchev–Trinajstić information content (AvgIpc) is 1.62. The van der Waals surface area contributed by atoms with Gasteiger partial charge < -0.3 is 84.4 Å². The van der Waals surface area contributed by atoms with E-state index in [2.05, 4.69) is 39.8 Å². The number of aliphatic carboxylic acids is 5. The minimum Gasteiger partial charge on any atom is -0.480 e. The van der Waals surface area contributed by atoms with Crippen LogP contribution in [0.1, 0.15) is 222 Å². The highest BCUT2D eigenvalue weighted by atomic mass is 35.5. The topological polar surface area (TPSA) is 444 Å². The number of fused-ring (bicyclic) bond motifs is 2. The van der Waals surface area contributed by atoms with Crippen molar-refractivity contribution < 1.29 is 86.6 Å². The second-order valence-electron chi connectivity index (χ2n) is 36.4.